The van der Waals surface area contributed by atoms with Crippen molar-refractivity contribution in [2.24, 2.45) is 0 Å². The largest absolute Gasteiger partial charge is 0.416 e. The summed E-state index contributed by atoms with van der Waals surface area (Å²) in [7, 11) is 0. The van der Waals surface area contributed by atoms with E-state index in [0.29, 0.717) is 11.1 Å². The second-order valence-electron chi connectivity index (χ2n) is 4.55. The molecule has 1 aromatic heterocycles. The summed E-state index contributed by atoms with van der Waals surface area (Å²) in [5.41, 5.74) is 1.24. The fourth-order valence-corrected chi connectivity index (χ4v) is 3.33. The third kappa shape index (κ3) is 4.07. The molecule has 2 aromatic rings. The summed E-state index contributed by atoms with van der Waals surface area (Å²) >= 11 is 5.02. The van der Waals surface area contributed by atoms with E-state index in [1.807, 2.05) is 0 Å². The van der Waals surface area contributed by atoms with Crippen LogP contribution in [0.2, 0.25) is 0 Å². The SMILES string of the molecule is CCCNC(C)c1ccc(Br)cc1Sc1nnc(C)o1. The van der Waals surface area contributed by atoms with Crippen LogP contribution in [0.25, 0.3) is 0 Å². The van der Waals surface area contributed by atoms with Crippen molar-refractivity contribution in [3.05, 3.63) is 34.1 Å². The van der Waals surface area contributed by atoms with E-state index in [0.717, 1.165) is 22.3 Å². The maximum Gasteiger partial charge on any atom is 0.281 e. The van der Waals surface area contributed by atoms with Gasteiger partial charge in [0.15, 0.2) is 0 Å². The van der Waals surface area contributed by atoms with Gasteiger partial charge in [-0.3, -0.25) is 0 Å². The van der Waals surface area contributed by atoms with E-state index in [-0.39, 0.29) is 6.04 Å². The molecule has 0 bridgehead atoms. The summed E-state index contributed by atoms with van der Waals surface area (Å²) in [6.07, 6.45) is 1.12. The van der Waals surface area contributed by atoms with Gasteiger partial charge in [-0.05, 0) is 49.3 Å². The zero-order valence-corrected chi connectivity index (χ0v) is 14.2. The Morgan fingerprint density at radius 1 is 1.40 bits per heavy atom. The third-order valence-electron chi connectivity index (χ3n) is 2.85. The number of aromatic nitrogens is 2. The van der Waals surface area contributed by atoms with Crippen molar-refractivity contribution in [2.45, 2.75) is 43.4 Å². The standard InChI is InChI=1S/C14H18BrN3OS/c1-4-7-16-9(2)12-6-5-11(15)8-13(12)20-14-18-17-10(3)19-14/h5-6,8-9,16H,4,7H2,1-3H3. The molecule has 0 radical (unpaired) electrons. The Bertz CT molecular complexity index is 573. The number of hydrogen-bond donors (Lipinski definition) is 1. The molecule has 0 aliphatic heterocycles. The van der Waals surface area contributed by atoms with Crippen LogP contribution < -0.4 is 5.32 Å². The summed E-state index contributed by atoms with van der Waals surface area (Å²) in [5.74, 6) is 0.584. The van der Waals surface area contributed by atoms with E-state index in [1.54, 1.807) is 6.92 Å². The van der Waals surface area contributed by atoms with Crippen LogP contribution in [0.1, 0.15) is 37.8 Å². The first-order valence-electron chi connectivity index (χ1n) is 6.61. The van der Waals surface area contributed by atoms with E-state index in [1.165, 1.54) is 17.3 Å². The maximum atomic E-state index is 5.45. The topological polar surface area (TPSA) is 51.0 Å². The number of nitrogens with one attached hydrogen (secondary N) is 1. The van der Waals surface area contributed by atoms with Crippen LogP contribution in [0.4, 0.5) is 0 Å². The van der Waals surface area contributed by atoms with Gasteiger partial charge in [-0.25, -0.2) is 0 Å². The molecule has 1 aromatic carbocycles. The summed E-state index contributed by atoms with van der Waals surface area (Å²) in [6.45, 7) is 7.13. The Kier molecular flexibility index (Phi) is 5.63. The summed E-state index contributed by atoms with van der Waals surface area (Å²) in [4.78, 5) is 1.12. The van der Waals surface area contributed by atoms with Crippen LogP contribution in [-0.4, -0.2) is 16.7 Å². The number of aryl methyl sites for hydroxylation is 1. The normalized spacial score (nSPS) is 12.6. The lowest BCUT2D eigenvalue weighted by molar-refractivity contribution is 0.429. The first-order valence-corrected chi connectivity index (χ1v) is 8.22. The van der Waals surface area contributed by atoms with Gasteiger partial charge in [0.1, 0.15) is 0 Å². The van der Waals surface area contributed by atoms with Crippen LogP contribution in [0, 0.1) is 6.92 Å². The van der Waals surface area contributed by atoms with Gasteiger partial charge in [-0.15, -0.1) is 10.2 Å². The van der Waals surface area contributed by atoms with Gasteiger partial charge in [0.25, 0.3) is 5.22 Å². The van der Waals surface area contributed by atoms with E-state index in [9.17, 15) is 0 Å². The molecule has 108 valence electrons. The Balaban J connectivity index is 2.23. The van der Waals surface area contributed by atoms with Gasteiger partial charge in [-0.2, -0.15) is 0 Å². The highest BCUT2D eigenvalue weighted by molar-refractivity contribution is 9.10. The lowest BCUT2D eigenvalue weighted by atomic mass is 10.1. The highest BCUT2D eigenvalue weighted by atomic mass is 79.9. The van der Waals surface area contributed by atoms with Crippen LogP contribution in [-0.2, 0) is 0 Å². The molecular formula is C14H18BrN3OS. The lowest BCUT2D eigenvalue weighted by Crippen LogP contribution is -2.19. The van der Waals surface area contributed by atoms with Gasteiger partial charge >= 0.3 is 0 Å². The fourth-order valence-electron chi connectivity index (χ4n) is 1.84. The van der Waals surface area contributed by atoms with E-state index >= 15 is 0 Å². The first-order chi connectivity index (χ1) is 9.60. The average Bonchev–Trinajstić information content (AvgIpc) is 2.81. The number of nitrogens with zero attached hydrogens (tertiary/aromatic N) is 2. The van der Waals surface area contributed by atoms with Crippen LogP contribution in [0.3, 0.4) is 0 Å². The molecule has 2 rings (SSSR count). The van der Waals surface area contributed by atoms with Crippen molar-refractivity contribution in [3.8, 4) is 0 Å². The van der Waals surface area contributed by atoms with Gasteiger partial charge in [0.05, 0.1) is 0 Å². The number of halogens is 1. The highest BCUT2D eigenvalue weighted by Crippen LogP contribution is 2.34. The molecule has 0 saturated carbocycles. The molecule has 0 fully saturated rings. The molecule has 20 heavy (non-hydrogen) atoms. The Morgan fingerprint density at radius 3 is 2.85 bits per heavy atom. The van der Waals surface area contributed by atoms with E-state index in [4.69, 9.17) is 4.42 Å². The zero-order valence-electron chi connectivity index (χ0n) is 11.8. The van der Waals surface area contributed by atoms with Crippen molar-refractivity contribution >= 4 is 27.7 Å². The van der Waals surface area contributed by atoms with Crippen LogP contribution in [0.15, 0.2) is 37.2 Å². The summed E-state index contributed by atoms with van der Waals surface area (Å²) in [5, 5.41) is 12.0. The Labute approximate surface area is 131 Å². The molecule has 0 spiro atoms. The average molecular weight is 356 g/mol. The second kappa shape index (κ2) is 7.24. The monoisotopic (exact) mass is 355 g/mol. The van der Waals surface area contributed by atoms with Crippen LogP contribution in [0.5, 0.6) is 0 Å². The zero-order chi connectivity index (χ0) is 14.5. The van der Waals surface area contributed by atoms with Gasteiger partial charge in [-0.1, -0.05) is 28.9 Å². The highest BCUT2D eigenvalue weighted by Gasteiger charge is 2.14. The van der Waals surface area contributed by atoms with Crippen molar-refractivity contribution in [2.75, 3.05) is 6.54 Å². The molecule has 1 N–H and O–H groups in total. The smallest absolute Gasteiger partial charge is 0.281 e. The predicted octanol–water partition coefficient (Wildman–Crippen LogP) is 4.35. The van der Waals surface area contributed by atoms with Crippen molar-refractivity contribution in [3.63, 3.8) is 0 Å². The second-order valence-corrected chi connectivity index (χ2v) is 6.46. The van der Waals surface area contributed by atoms with Crippen molar-refractivity contribution in [1.82, 2.24) is 15.5 Å². The number of benzene rings is 1. The minimum absolute atomic E-state index is 0.287. The first kappa shape index (κ1) is 15.5. The predicted molar refractivity (Wildman–Crippen MR) is 84.0 cm³/mol. The third-order valence-corrected chi connectivity index (χ3v) is 4.25. The van der Waals surface area contributed by atoms with Crippen molar-refractivity contribution < 1.29 is 4.42 Å². The summed E-state index contributed by atoms with van der Waals surface area (Å²) in [6, 6.07) is 6.56. The molecule has 4 nitrogen and oxygen atoms in total. The molecule has 0 saturated heterocycles. The molecule has 1 atom stereocenters. The Hall–Kier alpha value is -0.850. The molecule has 0 amide bonds. The van der Waals surface area contributed by atoms with Gasteiger partial charge in [0, 0.05) is 22.3 Å². The van der Waals surface area contributed by atoms with E-state index < -0.39 is 0 Å². The van der Waals surface area contributed by atoms with Gasteiger partial charge < -0.3 is 9.73 Å². The number of hydrogen-bond acceptors (Lipinski definition) is 5. The minimum atomic E-state index is 0.287. The maximum absolute atomic E-state index is 5.45. The van der Waals surface area contributed by atoms with Crippen LogP contribution >= 0.6 is 27.7 Å². The van der Waals surface area contributed by atoms with E-state index in [2.05, 4.69) is 63.5 Å². The summed E-state index contributed by atoms with van der Waals surface area (Å²) < 4.78 is 6.49. The molecule has 0 aliphatic carbocycles. The quantitative estimate of drug-likeness (QED) is 0.834. The van der Waals surface area contributed by atoms with Crippen molar-refractivity contribution in [1.29, 1.82) is 0 Å². The molecule has 1 unspecified atom stereocenters. The molecule has 0 aliphatic rings. The molecule has 6 heteroatoms. The fraction of sp³-hybridized carbons (Fsp3) is 0.429. The Morgan fingerprint density at radius 2 is 2.20 bits per heavy atom. The van der Waals surface area contributed by atoms with Gasteiger partial charge in [0.2, 0.25) is 5.89 Å². The molecule has 1 heterocycles. The molecular weight excluding hydrogens is 338 g/mol. The number of rotatable bonds is 6. The minimum Gasteiger partial charge on any atom is -0.416 e. The lowest BCUT2D eigenvalue weighted by Gasteiger charge is -2.17.